The number of fused-ring (bicyclic) bond motifs is 9. The minimum Gasteiger partial charge on any atom is -0.455 e. The number of benzene rings is 4. The average molecular weight is 334 g/mol. The van der Waals surface area contributed by atoms with Crippen LogP contribution in [0.3, 0.4) is 0 Å². The molecule has 1 aliphatic rings. The van der Waals surface area contributed by atoms with Crippen molar-refractivity contribution in [2.24, 2.45) is 0 Å². The van der Waals surface area contributed by atoms with Crippen molar-refractivity contribution >= 4 is 32.7 Å². The topological polar surface area (TPSA) is 13.1 Å². The highest BCUT2D eigenvalue weighted by Gasteiger charge is 2.37. The van der Waals surface area contributed by atoms with Crippen LogP contribution in [0.15, 0.2) is 77.2 Å². The third-order valence-corrected chi connectivity index (χ3v) is 6.04. The van der Waals surface area contributed by atoms with E-state index in [1.807, 2.05) is 6.07 Å². The lowest BCUT2D eigenvalue weighted by molar-refractivity contribution is 0.656. The first kappa shape index (κ1) is 14.1. The van der Waals surface area contributed by atoms with Gasteiger partial charge in [-0.15, -0.1) is 0 Å². The van der Waals surface area contributed by atoms with Crippen molar-refractivity contribution < 1.29 is 4.42 Å². The maximum absolute atomic E-state index is 6.38. The highest BCUT2D eigenvalue weighted by molar-refractivity contribution is 6.17. The quantitative estimate of drug-likeness (QED) is 0.296. The lowest BCUT2D eigenvalue weighted by Crippen LogP contribution is -2.15. The number of para-hydroxylation sites is 1. The highest BCUT2D eigenvalue weighted by Crippen LogP contribution is 2.52. The molecule has 0 unspecified atom stereocenters. The van der Waals surface area contributed by atoms with Crippen LogP contribution in [0.2, 0.25) is 0 Å². The Kier molecular flexibility index (Phi) is 2.48. The Labute approximate surface area is 151 Å². The third kappa shape index (κ3) is 1.56. The lowest BCUT2D eigenvalue weighted by Gasteiger charge is -2.23. The monoisotopic (exact) mass is 334 g/mol. The Morgan fingerprint density at radius 3 is 2.38 bits per heavy atom. The number of hydrogen-bond donors (Lipinski definition) is 0. The first-order valence-corrected chi connectivity index (χ1v) is 9.13. The molecule has 1 aliphatic carbocycles. The van der Waals surface area contributed by atoms with Gasteiger partial charge in [0.05, 0.1) is 0 Å². The van der Waals surface area contributed by atoms with Gasteiger partial charge in [0.25, 0.3) is 0 Å². The fourth-order valence-electron chi connectivity index (χ4n) is 4.86. The van der Waals surface area contributed by atoms with Gasteiger partial charge in [-0.1, -0.05) is 74.5 Å². The van der Waals surface area contributed by atoms with Gasteiger partial charge in [0.2, 0.25) is 0 Å². The predicted molar refractivity (Wildman–Crippen MR) is 109 cm³/mol. The van der Waals surface area contributed by atoms with E-state index in [9.17, 15) is 0 Å². The standard InChI is InChI=1S/C25H18O/c1-25(2)20-9-5-3-7-16(20)18-13-11-15-12-14-19-17-8-4-6-10-21(17)26-24(19)22(15)23(18)25/h3-14H,1-2H3. The summed E-state index contributed by atoms with van der Waals surface area (Å²) in [6.45, 7) is 4.66. The van der Waals surface area contributed by atoms with Crippen LogP contribution in [-0.4, -0.2) is 0 Å². The minimum atomic E-state index is -0.0430. The first-order valence-electron chi connectivity index (χ1n) is 9.13. The fraction of sp³-hybridized carbons (Fsp3) is 0.120. The van der Waals surface area contributed by atoms with Gasteiger partial charge >= 0.3 is 0 Å². The zero-order chi connectivity index (χ0) is 17.5. The molecule has 0 atom stereocenters. The molecule has 0 N–H and O–H groups in total. The minimum absolute atomic E-state index is 0.0430. The van der Waals surface area contributed by atoms with E-state index in [0.717, 1.165) is 11.2 Å². The van der Waals surface area contributed by atoms with Gasteiger partial charge in [0, 0.05) is 21.6 Å². The van der Waals surface area contributed by atoms with Crippen molar-refractivity contribution in [3.63, 3.8) is 0 Å². The van der Waals surface area contributed by atoms with Gasteiger partial charge in [0.15, 0.2) is 0 Å². The molecule has 5 aromatic rings. The van der Waals surface area contributed by atoms with Crippen molar-refractivity contribution in [3.8, 4) is 11.1 Å². The van der Waals surface area contributed by atoms with E-state index < -0.39 is 0 Å². The summed E-state index contributed by atoms with van der Waals surface area (Å²) in [5.41, 5.74) is 7.41. The SMILES string of the molecule is CC1(C)c2ccccc2-c2ccc3ccc4c5ccccc5oc4c3c21. The Hall–Kier alpha value is -3.06. The Balaban J connectivity index is 1.87. The normalized spacial score (nSPS) is 14.8. The summed E-state index contributed by atoms with van der Waals surface area (Å²) in [6.07, 6.45) is 0. The van der Waals surface area contributed by atoms with Gasteiger partial charge in [-0.3, -0.25) is 0 Å². The molecule has 1 heteroatoms. The predicted octanol–water partition coefficient (Wildman–Crippen LogP) is 7.05. The molecule has 1 aromatic heterocycles. The molecule has 0 fully saturated rings. The summed E-state index contributed by atoms with van der Waals surface area (Å²) in [4.78, 5) is 0. The van der Waals surface area contributed by atoms with Crippen LogP contribution in [-0.2, 0) is 5.41 Å². The van der Waals surface area contributed by atoms with Crippen molar-refractivity contribution in [1.82, 2.24) is 0 Å². The molecule has 0 saturated carbocycles. The second-order valence-electron chi connectivity index (χ2n) is 7.80. The van der Waals surface area contributed by atoms with Crippen LogP contribution < -0.4 is 0 Å². The van der Waals surface area contributed by atoms with Crippen LogP contribution in [0.4, 0.5) is 0 Å². The third-order valence-electron chi connectivity index (χ3n) is 6.04. The van der Waals surface area contributed by atoms with E-state index in [0.29, 0.717) is 0 Å². The molecule has 0 spiro atoms. The van der Waals surface area contributed by atoms with E-state index in [2.05, 4.69) is 80.6 Å². The molecule has 6 rings (SSSR count). The zero-order valence-corrected chi connectivity index (χ0v) is 14.8. The molecule has 124 valence electrons. The summed E-state index contributed by atoms with van der Waals surface area (Å²) in [5.74, 6) is 0. The molecular weight excluding hydrogens is 316 g/mol. The Bertz CT molecular complexity index is 1350. The van der Waals surface area contributed by atoms with E-state index in [-0.39, 0.29) is 5.41 Å². The average Bonchev–Trinajstić information content (AvgIpc) is 3.16. The molecule has 1 heterocycles. The molecule has 26 heavy (non-hydrogen) atoms. The fourth-order valence-corrected chi connectivity index (χ4v) is 4.86. The Morgan fingerprint density at radius 1 is 0.692 bits per heavy atom. The Morgan fingerprint density at radius 2 is 1.46 bits per heavy atom. The van der Waals surface area contributed by atoms with Crippen LogP contribution in [0.1, 0.15) is 25.0 Å². The zero-order valence-electron chi connectivity index (χ0n) is 14.8. The van der Waals surface area contributed by atoms with Crippen LogP contribution in [0.5, 0.6) is 0 Å². The summed E-state index contributed by atoms with van der Waals surface area (Å²) >= 11 is 0. The molecule has 0 saturated heterocycles. The molecule has 4 aromatic carbocycles. The second kappa shape index (κ2) is 4.56. The summed E-state index contributed by atoms with van der Waals surface area (Å²) in [6, 6.07) is 26.1. The molecule has 1 nitrogen and oxygen atoms in total. The van der Waals surface area contributed by atoms with Gasteiger partial charge in [-0.05, 0) is 39.8 Å². The molecule has 0 radical (unpaired) electrons. The van der Waals surface area contributed by atoms with Crippen molar-refractivity contribution in [2.45, 2.75) is 19.3 Å². The van der Waals surface area contributed by atoms with Crippen LogP contribution in [0, 0.1) is 0 Å². The molecule has 0 amide bonds. The first-order chi connectivity index (χ1) is 12.7. The van der Waals surface area contributed by atoms with Gasteiger partial charge in [0.1, 0.15) is 11.2 Å². The summed E-state index contributed by atoms with van der Waals surface area (Å²) in [5, 5.41) is 4.90. The van der Waals surface area contributed by atoms with E-state index in [1.54, 1.807) is 0 Å². The summed E-state index contributed by atoms with van der Waals surface area (Å²) in [7, 11) is 0. The van der Waals surface area contributed by atoms with Gasteiger partial charge < -0.3 is 4.42 Å². The highest BCUT2D eigenvalue weighted by atomic mass is 16.3. The lowest BCUT2D eigenvalue weighted by atomic mass is 9.80. The molecule has 0 aliphatic heterocycles. The van der Waals surface area contributed by atoms with Gasteiger partial charge in [-0.2, -0.15) is 0 Å². The maximum Gasteiger partial charge on any atom is 0.143 e. The maximum atomic E-state index is 6.38. The molecular formula is C25H18O. The van der Waals surface area contributed by atoms with Crippen LogP contribution >= 0.6 is 0 Å². The van der Waals surface area contributed by atoms with E-state index in [4.69, 9.17) is 4.42 Å². The van der Waals surface area contributed by atoms with Crippen LogP contribution in [0.25, 0.3) is 43.8 Å². The van der Waals surface area contributed by atoms with Crippen molar-refractivity contribution in [2.75, 3.05) is 0 Å². The number of rotatable bonds is 0. The van der Waals surface area contributed by atoms with E-state index >= 15 is 0 Å². The van der Waals surface area contributed by atoms with Gasteiger partial charge in [-0.25, -0.2) is 0 Å². The number of hydrogen-bond acceptors (Lipinski definition) is 1. The second-order valence-corrected chi connectivity index (χ2v) is 7.80. The largest absolute Gasteiger partial charge is 0.455 e. The van der Waals surface area contributed by atoms with Crippen molar-refractivity contribution in [1.29, 1.82) is 0 Å². The summed E-state index contributed by atoms with van der Waals surface area (Å²) < 4.78 is 6.38. The number of furan rings is 1. The van der Waals surface area contributed by atoms with Crippen molar-refractivity contribution in [3.05, 3.63) is 83.9 Å². The smallest absolute Gasteiger partial charge is 0.143 e. The molecule has 0 bridgehead atoms. The van der Waals surface area contributed by atoms with E-state index in [1.165, 1.54) is 43.8 Å².